The van der Waals surface area contributed by atoms with E-state index in [4.69, 9.17) is 4.74 Å². The summed E-state index contributed by atoms with van der Waals surface area (Å²) in [4.78, 5) is 6.60. The highest BCUT2D eigenvalue weighted by atomic mass is 16.5. The molecule has 2 heterocycles. The lowest BCUT2D eigenvalue weighted by molar-refractivity contribution is 0.00318. The fourth-order valence-electron chi connectivity index (χ4n) is 3.05. The van der Waals surface area contributed by atoms with E-state index < -0.39 is 5.60 Å². The molecule has 122 valence electrons. The van der Waals surface area contributed by atoms with Crippen LogP contribution in [0.15, 0.2) is 42.6 Å². The summed E-state index contributed by atoms with van der Waals surface area (Å²) in [6, 6.07) is 12.0. The van der Waals surface area contributed by atoms with Gasteiger partial charge in [0.15, 0.2) is 0 Å². The topological polar surface area (TPSA) is 45.6 Å². The molecule has 0 saturated carbocycles. The van der Waals surface area contributed by atoms with Crippen molar-refractivity contribution in [2.45, 2.75) is 32.4 Å². The molecule has 2 aromatic rings. The van der Waals surface area contributed by atoms with Gasteiger partial charge >= 0.3 is 0 Å². The molecule has 1 aliphatic heterocycles. The molecule has 1 aromatic heterocycles. The number of nitrogens with zero attached hydrogens (tertiary/aromatic N) is 2. The van der Waals surface area contributed by atoms with Crippen molar-refractivity contribution in [1.82, 2.24) is 9.88 Å². The first-order chi connectivity index (χ1) is 11.1. The average molecular weight is 312 g/mol. The van der Waals surface area contributed by atoms with E-state index in [2.05, 4.69) is 16.0 Å². The van der Waals surface area contributed by atoms with Crippen LogP contribution in [0.3, 0.4) is 0 Å². The first-order valence-corrected chi connectivity index (χ1v) is 8.09. The van der Waals surface area contributed by atoms with E-state index in [0.717, 1.165) is 36.5 Å². The normalized spacial score (nSPS) is 21.5. The Morgan fingerprint density at radius 1 is 1.22 bits per heavy atom. The summed E-state index contributed by atoms with van der Waals surface area (Å²) in [7, 11) is 0. The van der Waals surface area contributed by atoms with Gasteiger partial charge in [0.25, 0.3) is 0 Å². The van der Waals surface area contributed by atoms with Crippen molar-refractivity contribution >= 4 is 0 Å². The van der Waals surface area contributed by atoms with Gasteiger partial charge in [-0.05, 0) is 43.5 Å². The van der Waals surface area contributed by atoms with Gasteiger partial charge in [-0.15, -0.1) is 0 Å². The van der Waals surface area contributed by atoms with Gasteiger partial charge in [-0.1, -0.05) is 24.3 Å². The van der Waals surface area contributed by atoms with Gasteiger partial charge in [0, 0.05) is 31.5 Å². The zero-order valence-electron chi connectivity index (χ0n) is 13.8. The van der Waals surface area contributed by atoms with Crippen LogP contribution in [0.1, 0.15) is 23.2 Å². The molecule has 1 fully saturated rings. The summed E-state index contributed by atoms with van der Waals surface area (Å²) in [5.41, 5.74) is 2.59. The highest BCUT2D eigenvalue weighted by Crippen LogP contribution is 2.25. The number of aliphatic hydroxyl groups is 1. The van der Waals surface area contributed by atoms with Crippen molar-refractivity contribution < 1.29 is 9.84 Å². The zero-order chi connectivity index (χ0) is 16.3. The summed E-state index contributed by atoms with van der Waals surface area (Å²) in [5, 5.41) is 10.8. The highest BCUT2D eigenvalue weighted by molar-refractivity contribution is 5.31. The van der Waals surface area contributed by atoms with Crippen molar-refractivity contribution in [2.24, 2.45) is 0 Å². The molecule has 1 aromatic carbocycles. The second kappa shape index (κ2) is 6.69. The van der Waals surface area contributed by atoms with Crippen molar-refractivity contribution in [1.29, 1.82) is 0 Å². The number of hydrogen-bond donors (Lipinski definition) is 1. The Morgan fingerprint density at radius 2 is 2.04 bits per heavy atom. The Morgan fingerprint density at radius 3 is 2.83 bits per heavy atom. The number of likely N-dealkylation sites (tertiary alicyclic amines) is 1. The maximum Gasteiger partial charge on any atom is 0.122 e. The van der Waals surface area contributed by atoms with E-state index in [1.165, 1.54) is 5.56 Å². The molecular formula is C19H24N2O2. The third kappa shape index (κ3) is 3.89. The van der Waals surface area contributed by atoms with Crippen LogP contribution in [0, 0.1) is 13.8 Å². The van der Waals surface area contributed by atoms with E-state index in [1.807, 2.05) is 50.4 Å². The SMILES string of the molecule is Cc1ccccc1OCC1(O)CCN(Cc2cccnc2C)C1. The number of hydrogen-bond acceptors (Lipinski definition) is 4. The van der Waals surface area contributed by atoms with E-state index in [-0.39, 0.29) is 0 Å². The predicted octanol–water partition coefficient (Wildman–Crippen LogP) is 2.71. The van der Waals surface area contributed by atoms with Crippen molar-refractivity contribution in [3.05, 3.63) is 59.4 Å². The maximum absolute atomic E-state index is 10.8. The molecule has 0 amide bonds. The molecule has 1 aliphatic rings. The molecule has 3 rings (SSSR count). The standard InChI is InChI=1S/C19H24N2O2/c1-15-6-3-4-8-18(15)23-14-19(22)9-11-21(13-19)12-17-7-5-10-20-16(17)2/h3-8,10,22H,9,11-14H2,1-2H3. The van der Waals surface area contributed by atoms with Crippen LogP contribution in [0.2, 0.25) is 0 Å². The third-order valence-corrected chi connectivity index (χ3v) is 4.51. The highest BCUT2D eigenvalue weighted by Gasteiger charge is 2.37. The molecule has 23 heavy (non-hydrogen) atoms. The van der Waals surface area contributed by atoms with Gasteiger partial charge in [-0.3, -0.25) is 9.88 Å². The maximum atomic E-state index is 10.8. The van der Waals surface area contributed by atoms with Crippen molar-refractivity contribution in [3.8, 4) is 5.75 Å². The molecule has 1 N–H and O–H groups in total. The molecule has 0 aliphatic carbocycles. The Hall–Kier alpha value is -1.91. The molecule has 0 radical (unpaired) electrons. The van der Waals surface area contributed by atoms with Crippen LogP contribution in [-0.2, 0) is 6.54 Å². The van der Waals surface area contributed by atoms with Gasteiger partial charge in [-0.2, -0.15) is 0 Å². The summed E-state index contributed by atoms with van der Waals surface area (Å²) in [5.74, 6) is 0.850. The quantitative estimate of drug-likeness (QED) is 0.922. The average Bonchev–Trinajstić information content (AvgIpc) is 2.90. The second-order valence-corrected chi connectivity index (χ2v) is 6.49. The van der Waals surface area contributed by atoms with E-state index in [1.54, 1.807) is 0 Å². The van der Waals surface area contributed by atoms with Crippen LogP contribution in [0.5, 0.6) is 5.75 Å². The van der Waals surface area contributed by atoms with Gasteiger partial charge in [0.05, 0.1) is 0 Å². The largest absolute Gasteiger partial charge is 0.490 e. The summed E-state index contributed by atoms with van der Waals surface area (Å²) in [6.07, 6.45) is 2.55. The van der Waals surface area contributed by atoms with Crippen LogP contribution >= 0.6 is 0 Å². The first-order valence-electron chi connectivity index (χ1n) is 8.09. The number of ether oxygens (including phenoxy) is 1. The first kappa shape index (κ1) is 16.0. The fourth-order valence-corrected chi connectivity index (χ4v) is 3.05. The van der Waals surface area contributed by atoms with Crippen molar-refractivity contribution in [3.63, 3.8) is 0 Å². The van der Waals surface area contributed by atoms with Gasteiger partial charge in [0.1, 0.15) is 18.0 Å². The molecule has 4 nitrogen and oxygen atoms in total. The van der Waals surface area contributed by atoms with Gasteiger partial charge in [0.2, 0.25) is 0 Å². The van der Waals surface area contributed by atoms with Crippen molar-refractivity contribution in [2.75, 3.05) is 19.7 Å². The summed E-state index contributed by atoms with van der Waals surface area (Å²) in [6.45, 7) is 6.71. The number of benzene rings is 1. The minimum Gasteiger partial charge on any atom is -0.490 e. The Bertz CT molecular complexity index is 674. The minimum atomic E-state index is -0.779. The Kier molecular flexibility index (Phi) is 4.64. The summed E-state index contributed by atoms with van der Waals surface area (Å²) >= 11 is 0. The van der Waals surface area contributed by atoms with Crippen LogP contribution < -0.4 is 4.74 Å². The number of rotatable bonds is 5. The number of pyridine rings is 1. The third-order valence-electron chi connectivity index (χ3n) is 4.51. The van der Waals surface area contributed by atoms with Crippen LogP contribution in [0.25, 0.3) is 0 Å². The lowest BCUT2D eigenvalue weighted by Gasteiger charge is -2.24. The van der Waals surface area contributed by atoms with E-state index in [0.29, 0.717) is 13.2 Å². The number of aryl methyl sites for hydroxylation is 2. The molecule has 1 unspecified atom stereocenters. The molecule has 1 atom stereocenters. The molecular weight excluding hydrogens is 288 g/mol. The minimum absolute atomic E-state index is 0.334. The number of β-amino-alcohol motifs (C(OH)–C–C–N with tert-alkyl or cyclic N) is 1. The van der Waals surface area contributed by atoms with Crippen LogP contribution in [0.4, 0.5) is 0 Å². The lowest BCUT2D eigenvalue weighted by atomic mass is 10.1. The lowest BCUT2D eigenvalue weighted by Crippen LogP contribution is -2.39. The fraction of sp³-hybridized carbons (Fsp3) is 0.421. The van der Waals surface area contributed by atoms with Gasteiger partial charge < -0.3 is 9.84 Å². The molecule has 0 spiro atoms. The van der Waals surface area contributed by atoms with E-state index >= 15 is 0 Å². The van der Waals surface area contributed by atoms with Gasteiger partial charge in [-0.25, -0.2) is 0 Å². The molecule has 0 bridgehead atoms. The predicted molar refractivity (Wildman–Crippen MR) is 90.5 cm³/mol. The second-order valence-electron chi connectivity index (χ2n) is 6.49. The molecule has 1 saturated heterocycles. The zero-order valence-corrected chi connectivity index (χ0v) is 13.8. The Labute approximate surface area is 137 Å². The molecule has 4 heteroatoms. The monoisotopic (exact) mass is 312 g/mol. The van der Waals surface area contributed by atoms with Crippen LogP contribution in [-0.4, -0.2) is 40.3 Å². The Balaban J connectivity index is 1.58. The van der Waals surface area contributed by atoms with E-state index in [9.17, 15) is 5.11 Å². The number of aromatic nitrogens is 1. The summed E-state index contributed by atoms with van der Waals surface area (Å²) < 4.78 is 5.86. The smallest absolute Gasteiger partial charge is 0.122 e. The number of para-hydroxylation sites is 1.